The van der Waals surface area contributed by atoms with E-state index in [0.29, 0.717) is 0 Å². The van der Waals surface area contributed by atoms with Gasteiger partial charge in [0.25, 0.3) is 0 Å². The van der Waals surface area contributed by atoms with E-state index in [1.807, 2.05) is 6.08 Å². The van der Waals surface area contributed by atoms with Gasteiger partial charge in [-0.25, -0.2) is 0 Å². The zero-order valence-corrected chi connectivity index (χ0v) is 14.3. The van der Waals surface area contributed by atoms with Gasteiger partial charge in [-0.3, -0.25) is 0 Å². The Bertz CT molecular complexity index is 587. The molecule has 0 saturated carbocycles. The molecule has 0 nitrogen and oxygen atoms in total. The van der Waals surface area contributed by atoms with Crippen LogP contribution < -0.4 is 0 Å². The molecule has 0 aliphatic heterocycles. The van der Waals surface area contributed by atoms with E-state index in [2.05, 4.69) is 90.6 Å². The maximum absolute atomic E-state index is 3.79. The van der Waals surface area contributed by atoms with E-state index in [1.54, 1.807) is 0 Å². The number of hydrogen-bond acceptors (Lipinski definition) is 0. The standard InChI is InChI=1S/C21H28/c1-8-16(2)14-18(4)17(3)12-13-19-10-9-11-20(15-19)21(5,6)7/h8-15H,1H2,2-7H3/b13-12+,16-14+,18-17+. The van der Waals surface area contributed by atoms with Crippen molar-refractivity contribution in [1.82, 2.24) is 0 Å². The summed E-state index contributed by atoms with van der Waals surface area (Å²) in [6, 6.07) is 8.75. The van der Waals surface area contributed by atoms with E-state index >= 15 is 0 Å². The molecular formula is C21H28. The molecule has 21 heavy (non-hydrogen) atoms. The average molecular weight is 280 g/mol. The molecule has 0 heteroatoms. The Labute approximate surface area is 130 Å². The molecule has 0 atom stereocenters. The molecular weight excluding hydrogens is 252 g/mol. The highest BCUT2D eigenvalue weighted by atomic mass is 14.2. The first kappa shape index (κ1) is 17.2. The molecule has 0 radical (unpaired) electrons. The van der Waals surface area contributed by atoms with Crippen LogP contribution in [0.2, 0.25) is 0 Å². The van der Waals surface area contributed by atoms with Crippen molar-refractivity contribution in [2.24, 2.45) is 0 Å². The SMILES string of the molecule is C=C/C(C)=C/C(C)=C(C)/C=C/c1cccc(C(C)(C)C)c1. The predicted molar refractivity (Wildman–Crippen MR) is 96.5 cm³/mol. The largest absolute Gasteiger partial charge is 0.0988 e. The van der Waals surface area contributed by atoms with E-state index in [9.17, 15) is 0 Å². The van der Waals surface area contributed by atoms with Crippen molar-refractivity contribution in [1.29, 1.82) is 0 Å². The molecule has 0 aromatic heterocycles. The monoisotopic (exact) mass is 280 g/mol. The minimum absolute atomic E-state index is 0.189. The van der Waals surface area contributed by atoms with Gasteiger partial charge in [0.05, 0.1) is 0 Å². The summed E-state index contributed by atoms with van der Waals surface area (Å²) in [6.45, 7) is 16.9. The summed E-state index contributed by atoms with van der Waals surface area (Å²) in [7, 11) is 0. The Balaban J connectivity index is 3.01. The second-order valence-electron chi connectivity index (χ2n) is 6.67. The van der Waals surface area contributed by atoms with Gasteiger partial charge in [0, 0.05) is 0 Å². The molecule has 1 aromatic carbocycles. The van der Waals surface area contributed by atoms with Crippen LogP contribution in [-0.4, -0.2) is 0 Å². The maximum Gasteiger partial charge on any atom is -0.0132 e. The summed E-state index contributed by atoms with van der Waals surface area (Å²) in [5.74, 6) is 0. The molecule has 1 rings (SSSR count). The van der Waals surface area contributed by atoms with Crippen LogP contribution in [-0.2, 0) is 5.41 Å². The van der Waals surface area contributed by atoms with Gasteiger partial charge in [0.15, 0.2) is 0 Å². The van der Waals surface area contributed by atoms with Crippen molar-refractivity contribution in [3.8, 4) is 0 Å². The van der Waals surface area contributed by atoms with Crippen molar-refractivity contribution in [3.63, 3.8) is 0 Å². The van der Waals surface area contributed by atoms with Crippen LogP contribution >= 0.6 is 0 Å². The zero-order valence-electron chi connectivity index (χ0n) is 14.3. The Kier molecular flexibility index (Phi) is 5.96. The average Bonchev–Trinajstić information content (AvgIpc) is 2.43. The lowest BCUT2D eigenvalue weighted by atomic mass is 9.86. The third-order valence-electron chi connectivity index (χ3n) is 3.67. The molecule has 0 aliphatic carbocycles. The van der Waals surface area contributed by atoms with E-state index in [-0.39, 0.29) is 5.41 Å². The first-order valence-electron chi connectivity index (χ1n) is 7.51. The molecule has 0 amide bonds. The molecule has 0 spiro atoms. The normalized spacial score (nSPS) is 14.3. The van der Waals surface area contributed by atoms with Crippen molar-refractivity contribution in [3.05, 3.63) is 76.9 Å². The summed E-state index contributed by atoms with van der Waals surface area (Å²) < 4.78 is 0. The number of allylic oxidation sites excluding steroid dienone is 6. The lowest BCUT2D eigenvalue weighted by molar-refractivity contribution is 0.590. The van der Waals surface area contributed by atoms with Crippen LogP contribution in [0, 0.1) is 0 Å². The quantitative estimate of drug-likeness (QED) is 0.555. The first-order chi connectivity index (χ1) is 9.74. The number of rotatable bonds is 4. The molecule has 0 aliphatic rings. The highest BCUT2D eigenvalue weighted by Gasteiger charge is 2.12. The predicted octanol–water partition coefficient (Wildman–Crippen LogP) is 6.47. The van der Waals surface area contributed by atoms with Crippen LogP contribution in [0.5, 0.6) is 0 Å². The second-order valence-corrected chi connectivity index (χ2v) is 6.67. The van der Waals surface area contributed by atoms with Gasteiger partial charge in [-0.1, -0.05) is 81.5 Å². The maximum atomic E-state index is 3.79. The molecule has 0 fully saturated rings. The fourth-order valence-electron chi connectivity index (χ4n) is 1.98. The first-order valence-corrected chi connectivity index (χ1v) is 7.51. The van der Waals surface area contributed by atoms with Crippen LogP contribution in [0.1, 0.15) is 52.7 Å². The van der Waals surface area contributed by atoms with E-state index < -0.39 is 0 Å². The van der Waals surface area contributed by atoms with Crippen molar-refractivity contribution >= 4 is 6.08 Å². The summed E-state index contributed by atoms with van der Waals surface area (Å²) in [4.78, 5) is 0. The van der Waals surface area contributed by atoms with Crippen LogP contribution in [0.4, 0.5) is 0 Å². The Hall–Kier alpha value is -1.82. The molecule has 0 saturated heterocycles. The lowest BCUT2D eigenvalue weighted by Gasteiger charge is -2.19. The van der Waals surface area contributed by atoms with Gasteiger partial charge in [0.2, 0.25) is 0 Å². The van der Waals surface area contributed by atoms with Crippen molar-refractivity contribution < 1.29 is 0 Å². The van der Waals surface area contributed by atoms with Gasteiger partial charge in [-0.05, 0) is 48.5 Å². The Morgan fingerprint density at radius 3 is 2.29 bits per heavy atom. The minimum atomic E-state index is 0.189. The molecule has 0 bridgehead atoms. The Morgan fingerprint density at radius 2 is 1.71 bits per heavy atom. The Morgan fingerprint density at radius 1 is 1.05 bits per heavy atom. The number of benzene rings is 1. The third kappa shape index (κ3) is 5.59. The van der Waals surface area contributed by atoms with Crippen molar-refractivity contribution in [2.45, 2.75) is 47.0 Å². The molecule has 0 heterocycles. The van der Waals surface area contributed by atoms with E-state index in [4.69, 9.17) is 0 Å². The number of hydrogen-bond donors (Lipinski definition) is 0. The zero-order chi connectivity index (χ0) is 16.0. The smallest absolute Gasteiger partial charge is 0.0132 e. The van der Waals surface area contributed by atoms with Crippen LogP contribution in [0.25, 0.3) is 6.08 Å². The van der Waals surface area contributed by atoms with Crippen molar-refractivity contribution in [2.75, 3.05) is 0 Å². The highest BCUT2D eigenvalue weighted by Crippen LogP contribution is 2.23. The molecule has 0 N–H and O–H groups in total. The van der Waals surface area contributed by atoms with Crippen LogP contribution in [0.15, 0.2) is 65.8 Å². The second kappa shape index (κ2) is 7.26. The summed E-state index contributed by atoms with van der Waals surface area (Å²) in [5, 5.41) is 0. The molecule has 0 unspecified atom stereocenters. The van der Waals surface area contributed by atoms with E-state index in [0.717, 1.165) is 0 Å². The fraction of sp³-hybridized carbons (Fsp3) is 0.333. The lowest BCUT2D eigenvalue weighted by Crippen LogP contribution is -2.10. The highest BCUT2D eigenvalue weighted by molar-refractivity contribution is 5.55. The summed E-state index contributed by atoms with van der Waals surface area (Å²) >= 11 is 0. The molecule has 112 valence electrons. The van der Waals surface area contributed by atoms with Gasteiger partial charge in [0.1, 0.15) is 0 Å². The minimum Gasteiger partial charge on any atom is -0.0988 e. The van der Waals surface area contributed by atoms with Gasteiger partial charge < -0.3 is 0 Å². The third-order valence-corrected chi connectivity index (χ3v) is 3.67. The van der Waals surface area contributed by atoms with Crippen LogP contribution in [0.3, 0.4) is 0 Å². The topological polar surface area (TPSA) is 0 Å². The van der Waals surface area contributed by atoms with E-state index in [1.165, 1.54) is 27.8 Å². The van der Waals surface area contributed by atoms with Gasteiger partial charge in [-0.15, -0.1) is 0 Å². The summed E-state index contributed by atoms with van der Waals surface area (Å²) in [5.41, 5.74) is 6.54. The van der Waals surface area contributed by atoms with Gasteiger partial charge in [-0.2, -0.15) is 0 Å². The van der Waals surface area contributed by atoms with Gasteiger partial charge >= 0.3 is 0 Å². The molecule has 1 aromatic rings. The fourth-order valence-corrected chi connectivity index (χ4v) is 1.98. The summed E-state index contributed by atoms with van der Waals surface area (Å²) in [6.07, 6.45) is 8.42.